The van der Waals surface area contributed by atoms with Crippen LogP contribution in [0, 0.1) is 5.92 Å². The predicted octanol–water partition coefficient (Wildman–Crippen LogP) is 4.14. The van der Waals surface area contributed by atoms with Crippen molar-refractivity contribution in [3.05, 3.63) is 89.2 Å². The van der Waals surface area contributed by atoms with Crippen LogP contribution < -0.4 is 4.90 Å². The number of hydrogen-bond donors (Lipinski definition) is 0. The minimum atomic E-state index is -0.516. The van der Waals surface area contributed by atoms with E-state index in [-0.39, 0.29) is 23.5 Å². The quantitative estimate of drug-likeness (QED) is 0.602. The molecule has 28 heavy (non-hydrogen) atoms. The number of amides is 1. The van der Waals surface area contributed by atoms with Gasteiger partial charge in [0.1, 0.15) is 0 Å². The van der Waals surface area contributed by atoms with E-state index < -0.39 is 6.23 Å². The third-order valence-electron chi connectivity index (χ3n) is 6.08. The molecule has 140 valence electrons. The monoisotopic (exact) mass is 371 g/mol. The van der Waals surface area contributed by atoms with Gasteiger partial charge in [-0.2, -0.15) is 0 Å². The number of hydrogen-bond acceptors (Lipinski definition) is 3. The average molecular weight is 371 g/mol. The fraction of sp³-hybridized carbons (Fsp3) is 0.250. The van der Waals surface area contributed by atoms with Crippen molar-refractivity contribution in [2.45, 2.75) is 31.9 Å². The second-order valence-electron chi connectivity index (χ2n) is 7.74. The average Bonchev–Trinajstić information content (AvgIpc) is 3.30. The van der Waals surface area contributed by atoms with Gasteiger partial charge in [-0.1, -0.05) is 42.5 Å². The van der Waals surface area contributed by atoms with E-state index in [9.17, 15) is 9.59 Å². The van der Waals surface area contributed by atoms with Crippen LogP contribution in [-0.4, -0.2) is 17.9 Å². The summed E-state index contributed by atoms with van der Waals surface area (Å²) < 4.78 is 6.07. The summed E-state index contributed by atoms with van der Waals surface area (Å²) >= 11 is 0. The van der Waals surface area contributed by atoms with Crippen molar-refractivity contribution in [3.8, 4) is 0 Å². The molecule has 0 spiro atoms. The molecule has 1 aliphatic heterocycles. The first-order valence-electron chi connectivity index (χ1n) is 9.66. The van der Waals surface area contributed by atoms with Gasteiger partial charge in [0.2, 0.25) is 6.23 Å². The van der Waals surface area contributed by atoms with Crippen molar-refractivity contribution in [1.82, 2.24) is 0 Å². The number of nitrogens with zero attached hydrogens (tertiary/aromatic N) is 1. The zero-order chi connectivity index (χ0) is 19.3. The van der Waals surface area contributed by atoms with Gasteiger partial charge in [-0.15, -0.1) is 0 Å². The lowest BCUT2D eigenvalue weighted by Gasteiger charge is -2.26. The van der Waals surface area contributed by atoms with Gasteiger partial charge in [-0.05, 0) is 48.1 Å². The highest BCUT2D eigenvalue weighted by Crippen LogP contribution is 2.49. The van der Waals surface area contributed by atoms with Crippen molar-refractivity contribution in [1.29, 1.82) is 0 Å². The zero-order valence-electron chi connectivity index (χ0n) is 15.7. The molecule has 3 unspecified atom stereocenters. The van der Waals surface area contributed by atoms with E-state index in [1.165, 1.54) is 11.1 Å². The second kappa shape index (κ2) is 6.48. The van der Waals surface area contributed by atoms with E-state index in [0.29, 0.717) is 6.42 Å². The van der Waals surface area contributed by atoms with Gasteiger partial charge in [0.05, 0.1) is 6.26 Å². The van der Waals surface area contributed by atoms with E-state index in [2.05, 4.69) is 18.2 Å². The smallest absolute Gasteiger partial charge is 0.254 e. The maximum atomic E-state index is 12.7. The molecule has 1 fully saturated rings. The number of ether oxygens (including phenoxy) is 1. The minimum Gasteiger partial charge on any atom is -0.473 e. The number of benzene rings is 2. The number of allylic oxidation sites excluding steroid dienone is 1. The predicted molar refractivity (Wildman–Crippen MR) is 107 cm³/mol. The van der Waals surface area contributed by atoms with Crippen LogP contribution in [0.4, 0.5) is 5.69 Å². The Labute approximate surface area is 164 Å². The van der Waals surface area contributed by atoms with Crippen LogP contribution in [0.1, 0.15) is 30.4 Å². The highest BCUT2D eigenvalue weighted by atomic mass is 16.5. The summed E-state index contributed by atoms with van der Waals surface area (Å²) in [4.78, 5) is 26.8. The molecule has 0 bridgehead atoms. The number of ketones is 1. The first kappa shape index (κ1) is 17.0. The zero-order valence-corrected chi connectivity index (χ0v) is 15.7. The van der Waals surface area contributed by atoms with Crippen LogP contribution in [0.2, 0.25) is 0 Å². The molecule has 0 aromatic heterocycles. The summed E-state index contributed by atoms with van der Waals surface area (Å²) in [6.07, 6.45) is 4.12. The van der Waals surface area contributed by atoms with E-state index in [0.717, 1.165) is 23.3 Å². The van der Waals surface area contributed by atoms with Crippen LogP contribution in [-0.2, 0) is 20.7 Å². The second-order valence-corrected chi connectivity index (χ2v) is 7.74. The van der Waals surface area contributed by atoms with Crippen molar-refractivity contribution in [2.75, 3.05) is 4.90 Å². The molecule has 0 radical (unpaired) electrons. The Morgan fingerprint density at radius 1 is 0.964 bits per heavy atom. The number of para-hydroxylation sites is 1. The number of fused-ring (bicyclic) bond motifs is 3. The lowest BCUT2D eigenvalue weighted by atomic mass is 9.95. The van der Waals surface area contributed by atoms with Crippen molar-refractivity contribution < 1.29 is 14.3 Å². The first-order valence-corrected chi connectivity index (χ1v) is 9.66. The van der Waals surface area contributed by atoms with Gasteiger partial charge in [0, 0.05) is 29.7 Å². The lowest BCUT2D eigenvalue weighted by Crippen LogP contribution is -2.36. The summed E-state index contributed by atoms with van der Waals surface area (Å²) in [5.41, 5.74) is 4.99. The van der Waals surface area contributed by atoms with Gasteiger partial charge in [0.25, 0.3) is 5.91 Å². The molecule has 2 aromatic carbocycles. The lowest BCUT2D eigenvalue weighted by molar-refractivity contribution is -0.115. The third kappa shape index (κ3) is 2.60. The fourth-order valence-electron chi connectivity index (χ4n) is 4.75. The largest absolute Gasteiger partial charge is 0.473 e. The number of carbonyl (C=O) groups excluding carboxylic acids is 2. The van der Waals surface area contributed by atoms with Crippen molar-refractivity contribution in [2.24, 2.45) is 5.92 Å². The molecule has 4 heteroatoms. The molecule has 1 amide bonds. The standard InChI is InChI=1S/C24H21NO3/c1-15-11-23(27)25(17-8-3-2-4-9-17)24(15)28-14-21-19-12-16-7-5-6-10-18(16)20(19)13-22(21)26/h2-11,14,19-20,24H,12-13H2,1H3/b21-14+. The van der Waals surface area contributed by atoms with E-state index in [1.807, 2.05) is 43.3 Å². The Bertz CT molecular complexity index is 1020. The Morgan fingerprint density at radius 2 is 1.71 bits per heavy atom. The van der Waals surface area contributed by atoms with E-state index in [4.69, 9.17) is 4.74 Å². The number of Topliss-reactive ketones (excluding diaryl/α,β-unsaturated/α-hetero) is 1. The third-order valence-corrected chi connectivity index (χ3v) is 6.08. The number of carbonyl (C=O) groups is 2. The van der Waals surface area contributed by atoms with Crippen LogP contribution >= 0.6 is 0 Å². The van der Waals surface area contributed by atoms with E-state index >= 15 is 0 Å². The molecule has 2 aromatic rings. The Hall–Kier alpha value is -3.14. The molecule has 0 N–H and O–H groups in total. The van der Waals surface area contributed by atoms with E-state index in [1.54, 1.807) is 17.2 Å². The molecule has 1 saturated carbocycles. The molecular weight excluding hydrogens is 350 g/mol. The van der Waals surface area contributed by atoms with Gasteiger partial charge in [-0.3, -0.25) is 14.5 Å². The highest BCUT2D eigenvalue weighted by Gasteiger charge is 2.44. The van der Waals surface area contributed by atoms with Crippen LogP contribution in [0.3, 0.4) is 0 Å². The topological polar surface area (TPSA) is 46.6 Å². The summed E-state index contributed by atoms with van der Waals surface area (Å²) in [6, 6.07) is 17.9. The normalized spacial score (nSPS) is 27.2. The summed E-state index contributed by atoms with van der Waals surface area (Å²) in [6.45, 7) is 1.88. The molecule has 3 atom stereocenters. The number of rotatable bonds is 3. The molecule has 0 saturated heterocycles. The molecule has 5 rings (SSSR count). The van der Waals surface area contributed by atoms with Crippen LogP contribution in [0.25, 0.3) is 0 Å². The van der Waals surface area contributed by atoms with Gasteiger partial charge in [0.15, 0.2) is 5.78 Å². The van der Waals surface area contributed by atoms with Crippen molar-refractivity contribution >= 4 is 17.4 Å². The molecule has 3 aliphatic rings. The van der Waals surface area contributed by atoms with Crippen LogP contribution in [0.15, 0.2) is 78.1 Å². The summed E-state index contributed by atoms with van der Waals surface area (Å²) in [7, 11) is 0. The first-order chi connectivity index (χ1) is 13.6. The van der Waals surface area contributed by atoms with Crippen molar-refractivity contribution in [3.63, 3.8) is 0 Å². The maximum absolute atomic E-state index is 12.7. The molecular formula is C24H21NO3. The summed E-state index contributed by atoms with van der Waals surface area (Å²) in [5.74, 6) is 0.486. The van der Waals surface area contributed by atoms with Gasteiger partial charge in [-0.25, -0.2) is 0 Å². The molecule has 2 aliphatic carbocycles. The Balaban J connectivity index is 1.42. The maximum Gasteiger partial charge on any atom is 0.254 e. The fourth-order valence-corrected chi connectivity index (χ4v) is 4.75. The Morgan fingerprint density at radius 3 is 2.54 bits per heavy atom. The highest BCUT2D eigenvalue weighted by molar-refractivity contribution is 6.05. The minimum absolute atomic E-state index is 0.101. The Kier molecular flexibility index (Phi) is 3.93. The van der Waals surface area contributed by atoms with Gasteiger partial charge < -0.3 is 4.74 Å². The van der Waals surface area contributed by atoms with Crippen LogP contribution in [0.5, 0.6) is 0 Å². The molecule has 1 heterocycles. The molecule has 4 nitrogen and oxygen atoms in total. The van der Waals surface area contributed by atoms with Gasteiger partial charge >= 0.3 is 0 Å². The summed E-state index contributed by atoms with van der Waals surface area (Å²) in [5, 5.41) is 0. The number of anilines is 1. The SMILES string of the molecule is CC1=CC(=O)N(c2ccccc2)C1O/C=C1/C(=O)CC2c3ccccc3CC12.